The van der Waals surface area contributed by atoms with Gasteiger partial charge in [0, 0.05) is 44.1 Å². The molecule has 0 aliphatic rings. The summed E-state index contributed by atoms with van der Waals surface area (Å²) in [5, 5.41) is 4.21. The molecule has 0 fully saturated rings. The van der Waals surface area contributed by atoms with Crippen LogP contribution in [0.1, 0.15) is 0 Å². The van der Waals surface area contributed by atoms with Crippen LogP contribution in [0.15, 0.2) is 200 Å². The molecule has 0 N–H and O–H groups in total. The van der Waals surface area contributed by atoms with Crippen LogP contribution in [0, 0.1) is 0 Å². The molecule has 57 heavy (non-hydrogen) atoms. The van der Waals surface area contributed by atoms with E-state index in [1.54, 1.807) is 0 Å². The summed E-state index contributed by atoms with van der Waals surface area (Å²) < 4.78 is 2.26. The Kier molecular flexibility index (Phi) is 7.74. The molecular formula is C52H33N5. The van der Waals surface area contributed by atoms with E-state index in [2.05, 4.69) is 168 Å². The van der Waals surface area contributed by atoms with Gasteiger partial charge in [-0.1, -0.05) is 164 Å². The number of hydrogen-bond acceptors (Lipinski definition) is 4. The number of hydrogen-bond donors (Lipinski definition) is 0. The van der Waals surface area contributed by atoms with Crippen molar-refractivity contribution >= 4 is 43.6 Å². The Morgan fingerprint density at radius 3 is 1.67 bits per heavy atom. The molecule has 8 aromatic carbocycles. The summed E-state index contributed by atoms with van der Waals surface area (Å²) in [7, 11) is 0. The lowest BCUT2D eigenvalue weighted by atomic mass is 9.97. The average molecular weight is 728 g/mol. The number of benzene rings is 8. The summed E-state index contributed by atoms with van der Waals surface area (Å²) in [4.78, 5) is 21.3. The molecule has 11 rings (SSSR count). The monoisotopic (exact) mass is 727 g/mol. The molecule has 0 aliphatic heterocycles. The Balaban J connectivity index is 1.12. The predicted molar refractivity (Wildman–Crippen MR) is 234 cm³/mol. The first-order chi connectivity index (χ1) is 28.3. The SMILES string of the molecule is c1ccc(-c2ccc(-c3nc(-c4cccc(-c5nc6ccccc6c6ccc7c(nc(-c8ccccc8)n7-c7ccccc7)c56)c4)nc4ccccc34)cc2)cc1. The molecule has 0 radical (unpaired) electrons. The van der Waals surface area contributed by atoms with Crippen LogP contribution in [0.25, 0.3) is 106 Å². The maximum absolute atomic E-state index is 5.46. The van der Waals surface area contributed by atoms with Crippen LogP contribution in [0.2, 0.25) is 0 Å². The quantitative estimate of drug-likeness (QED) is 0.160. The first kappa shape index (κ1) is 32.7. The number of nitrogens with zero attached hydrogens (tertiary/aromatic N) is 5. The first-order valence-electron chi connectivity index (χ1n) is 19.1. The molecule has 0 saturated heterocycles. The van der Waals surface area contributed by atoms with Crippen molar-refractivity contribution in [3.63, 3.8) is 0 Å². The zero-order valence-corrected chi connectivity index (χ0v) is 30.8. The number of imidazole rings is 1. The van der Waals surface area contributed by atoms with Gasteiger partial charge in [0.15, 0.2) is 5.82 Å². The molecule has 0 atom stereocenters. The fourth-order valence-electron chi connectivity index (χ4n) is 8.09. The van der Waals surface area contributed by atoms with Gasteiger partial charge in [-0.2, -0.15) is 0 Å². The van der Waals surface area contributed by atoms with Crippen LogP contribution in [0.3, 0.4) is 0 Å². The highest BCUT2D eigenvalue weighted by atomic mass is 15.1. The van der Waals surface area contributed by atoms with Gasteiger partial charge in [-0.25, -0.2) is 19.9 Å². The second kappa shape index (κ2) is 13.5. The summed E-state index contributed by atoms with van der Waals surface area (Å²) in [6.07, 6.45) is 0. The third-order valence-corrected chi connectivity index (χ3v) is 10.8. The van der Waals surface area contributed by atoms with Gasteiger partial charge in [0.2, 0.25) is 0 Å². The minimum atomic E-state index is 0.660. The average Bonchev–Trinajstić information content (AvgIpc) is 3.69. The molecule has 11 aromatic rings. The van der Waals surface area contributed by atoms with Gasteiger partial charge in [0.1, 0.15) is 5.82 Å². The van der Waals surface area contributed by atoms with Crippen LogP contribution < -0.4 is 0 Å². The Hall–Kier alpha value is -7.76. The van der Waals surface area contributed by atoms with E-state index >= 15 is 0 Å². The molecule has 0 saturated carbocycles. The van der Waals surface area contributed by atoms with Gasteiger partial charge in [0.25, 0.3) is 0 Å². The zero-order valence-electron chi connectivity index (χ0n) is 30.8. The Bertz CT molecular complexity index is 3270. The number of aromatic nitrogens is 5. The van der Waals surface area contributed by atoms with Crippen molar-refractivity contribution in [3.05, 3.63) is 200 Å². The standard InChI is InChI=1S/C52H33N5/c1-4-15-34(16-5-1)35-27-29-36(30-28-35)48-43-24-11-13-26-45(43)54-51(55-48)39-20-14-19-38(33-39)49-47-42(41-23-10-12-25-44(41)53-49)31-32-46-50(47)56-52(37-17-6-2-7-18-37)57(46)40-21-8-3-9-22-40/h1-33H. The number of fused-ring (bicyclic) bond motifs is 6. The lowest BCUT2D eigenvalue weighted by Gasteiger charge is -2.13. The maximum Gasteiger partial charge on any atom is 0.160 e. The van der Waals surface area contributed by atoms with E-state index in [9.17, 15) is 0 Å². The third kappa shape index (κ3) is 5.64. The van der Waals surface area contributed by atoms with Crippen molar-refractivity contribution < 1.29 is 0 Å². The Morgan fingerprint density at radius 1 is 0.333 bits per heavy atom. The summed E-state index contributed by atoms with van der Waals surface area (Å²) in [5.74, 6) is 1.54. The summed E-state index contributed by atoms with van der Waals surface area (Å²) in [5.41, 5.74) is 12.9. The Labute approximate surface area is 329 Å². The first-order valence-corrected chi connectivity index (χ1v) is 19.1. The molecule has 0 bridgehead atoms. The van der Waals surface area contributed by atoms with Crippen molar-refractivity contribution in [2.75, 3.05) is 0 Å². The van der Waals surface area contributed by atoms with E-state index in [0.717, 1.165) is 88.8 Å². The fourth-order valence-corrected chi connectivity index (χ4v) is 8.09. The van der Waals surface area contributed by atoms with Gasteiger partial charge < -0.3 is 0 Å². The lowest BCUT2D eigenvalue weighted by molar-refractivity contribution is 1.10. The van der Waals surface area contributed by atoms with E-state index in [-0.39, 0.29) is 0 Å². The van der Waals surface area contributed by atoms with E-state index in [0.29, 0.717) is 5.82 Å². The Morgan fingerprint density at radius 2 is 0.912 bits per heavy atom. The highest BCUT2D eigenvalue weighted by molar-refractivity contribution is 6.20. The number of rotatable bonds is 6. The van der Waals surface area contributed by atoms with E-state index < -0.39 is 0 Å². The van der Waals surface area contributed by atoms with Crippen molar-refractivity contribution in [2.45, 2.75) is 0 Å². The van der Waals surface area contributed by atoms with Crippen molar-refractivity contribution in [1.29, 1.82) is 0 Å². The highest BCUT2D eigenvalue weighted by Crippen LogP contribution is 2.40. The predicted octanol–water partition coefficient (Wildman–Crippen LogP) is 13.0. The maximum atomic E-state index is 5.46. The zero-order chi connectivity index (χ0) is 37.7. The number of para-hydroxylation sites is 3. The summed E-state index contributed by atoms with van der Waals surface area (Å²) >= 11 is 0. The fraction of sp³-hybridized carbons (Fsp3) is 0. The molecule has 0 spiro atoms. The molecule has 3 aromatic heterocycles. The van der Waals surface area contributed by atoms with Gasteiger partial charge in [-0.05, 0) is 52.9 Å². The van der Waals surface area contributed by atoms with E-state index in [4.69, 9.17) is 19.9 Å². The van der Waals surface area contributed by atoms with Gasteiger partial charge in [-0.3, -0.25) is 4.57 Å². The molecule has 0 amide bonds. The van der Waals surface area contributed by atoms with Crippen LogP contribution >= 0.6 is 0 Å². The van der Waals surface area contributed by atoms with Crippen LogP contribution in [0.4, 0.5) is 0 Å². The second-order valence-corrected chi connectivity index (χ2v) is 14.2. The van der Waals surface area contributed by atoms with Crippen LogP contribution in [-0.4, -0.2) is 24.5 Å². The molecule has 5 nitrogen and oxygen atoms in total. The van der Waals surface area contributed by atoms with Crippen molar-refractivity contribution in [1.82, 2.24) is 24.5 Å². The number of pyridine rings is 1. The highest BCUT2D eigenvalue weighted by Gasteiger charge is 2.21. The molecule has 0 aliphatic carbocycles. The van der Waals surface area contributed by atoms with Gasteiger partial charge in [0.05, 0.1) is 33.5 Å². The van der Waals surface area contributed by atoms with Gasteiger partial charge >= 0.3 is 0 Å². The second-order valence-electron chi connectivity index (χ2n) is 14.2. The van der Waals surface area contributed by atoms with Crippen molar-refractivity contribution in [3.8, 4) is 62.1 Å². The molecule has 0 unspecified atom stereocenters. The molecule has 5 heteroatoms. The van der Waals surface area contributed by atoms with E-state index in [1.165, 1.54) is 11.1 Å². The minimum absolute atomic E-state index is 0.660. The minimum Gasteiger partial charge on any atom is -0.292 e. The van der Waals surface area contributed by atoms with Crippen LogP contribution in [0.5, 0.6) is 0 Å². The van der Waals surface area contributed by atoms with E-state index in [1.807, 2.05) is 36.4 Å². The van der Waals surface area contributed by atoms with Crippen molar-refractivity contribution in [2.24, 2.45) is 0 Å². The molecule has 266 valence electrons. The molecular weight excluding hydrogens is 695 g/mol. The smallest absolute Gasteiger partial charge is 0.160 e. The topological polar surface area (TPSA) is 56.5 Å². The molecule has 3 heterocycles. The normalized spacial score (nSPS) is 11.5. The summed E-state index contributed by atoms with van der Waals surface area (Å²) in [6, 6.07) is 69.5. The third-order valence-electron chi connectivity index (χ3n) is 10.8. The summed E-state index contributed by atoms with van der Waals surface area (Å²) in [6.45, 7) is 0. The van der Waals surface area contributed by atoms with Gasteiger partial charge in [-0.15, -0.1) is 0 Å². The largest absolute Gasteiger partial charge is 0.292 e. The van der Waals surface area contributed by atoms with Crippen LogP contribution in [-0.2, 0) is 0 Å². The lowest BCUT2D eigenvalue weighted by Crippen LogP contribution is -1.97.